The lowest BCUT2D eigenvalue weighted by atomic mass is 10.1. The fourth-order valence-corrected chi connectivity index (χ4v) is 1.02. The van der Waals surface area contributed by atoms with Gasteiger partial charge < -0.3 is 10.3 Å². The molecule has 0 radical (unpaired) electrons. The number of hydrogen-bond acceptors (Lipinski definition) is 2. The summed E-state index contributed by atoms with van der Waals surface area (Å²) in [6, 6.07) is 0. The van der Waals surface area contributed by atoms with Gasteiger partial charge in [-0.25, -0.2) is 4.98 Å². The zero-order valence-electron chi connectivity index (χ0n) is 8.57. The van der Waals surface area contributed by atoms with Crippen LogP contribution in [0, 0.1) is 0 Å². The molecular weight excluding hydrogens is 164 g/mol. The van der Waals surface area contributed by atoms with Gasteiger partial charge in [-0.15, -0.1) is 0 Å². The van der Waals surface area contributed by atoms with Crippen LogP contribution >= 0.6 is 0 Å². The van der Waals surface area contributed by atoms with Crippen LogP contribution in [-0.2, 0) is 7.05 Å². The van der Waals surface area contributed by atoms with E-state index in [9.17, 15) is 0 Å². The van der Waals surface area contributed by atoms with E-state index < -0.39 is 0 Å². The number of rotatable bonds is 1. The van der Waals surface area contributed by atoms with Crippen molar-refractivity contribution in [2.45, 2.75) is 26.3 Å². The van der Waals surface area contributed by atoms with E-state index in [-0.39, 0.29) is 5.54 Å². The number of nitrogens with zero attached hydrogens (tertiary/aromatic N) is 3. The smallest absolute Gasteiger partial charge is 0.175 e. The second-order valence-electron chi connectivity index (χ2n) is 4.03. The van der Waals surface area contributed by atoms with Crippen molar-refractivity contribution in [3.05, 3.63) is 18.2 Å². The fraction of sp³-hybridized carbons (Fsp3) is 0.556. The van der Waals surface area contributed by atoms with Crippen molar-refractivity contribution in [3.63, 3.8) is 0 Å². The lowest BCUT2D eigenvalue weighted by molar-refractivity contribution is 0.582. The maximum Gasteiger partial charge on any atom is 0.175 e. The molecule has 1 heterocycles. The summed E-state index contributed by atoms with van der Waals surface area (Å²) in [6.45, 7) is 6.01. The summed E-state index contributed by atoms with van der Waals surface area (Å²) in [4.78, 5) is 8.43. The molecule has 72 valence electrons. The molecule has 0 unspecified atom stereocenters. The van der Waals surface area contributed by atoms with Gasteiger partial charge >= 0.3 is 0 Å². The van der Waals surface area contributed by atoms with Crippen LogP contribution in [0.3, 0.4) is 0 Å². The summed E-state index contributed by atoms with van der Waals surface area (Å²) < 4.78 is 1.85. The Balaban J connectivity index is 2.98. The van der Waals surface area contributed by atoms with Gasteiger partial charge in [-0.2, -0.15) is 0 Å². The first-order valence-electron chi connectivity index (χ1n) is 4.23. The predicted octanol–water partition coefficient (Wildman–Crippen LogP) is 0.924. The first-order valence-corrected chi connectivity index (χ1v) is 4.23. The van der Waals surface area contributed by atoms with Crippen LogP contribution in [0.25, 0.3) is 0 Å². The molecule has 1 aromatic heterocycles. The number of nitrogens with two attached hydrogens (primary N) is 1. The first kappa shape index (κ1) is 9.77. The SMILES string of the molecule is Cn1ccnc1C(N)=NC(C)(C)C. The molecule has 0 aliphatic heterocycles. The highest BCUT2D eigenvalue weighted by molar-refractivity contribution is 5.94. The molecule has 4 nitrogen and oxygen atoms in total. The van der Waals surface area contributed by atoms with E-state index >= 15 is 0 Å². The van der Waals surface area contributed by atoms with Crippen LogP contribution in [0.15, 0.2) is 17.4 Å². The van der Waals surface area contributed by atoms with Crippen LogP contribution in [0.5, 0.6) is 0 Å². The van der Waals surface area contributed by atoms with Crippen molar-refractivity contribution >= 4 is 5.84 Å². The third-order valence-corrected chi connectivity index (χ3v) is 1.51. The van der Waals surface area contributed by atoms with Crippen molar-refractivity contribution in [3.8, 4) is 0 Å². The minimum atomic E-state index is -0.157. The van der Waals surface area contributed by atoms with Gasteiger partial charge in [0.05, 0.1) is 5.54 Å². The number of amidine groups is 1. The summed E-state index contributed by atoms with van der Waals surface area (Å²) in [5.41, 5.74) is 5.64. The van der Waals surface area contributed by atoms with Crippen molar-refractivity contribution in [1.29, 1.82) is 0 Å². The highest BCUT2D eigenvalue weighted by Gasteiger charge is 2.11. The molecule has 0 fully saturated rings. The highest BCUT2D eigenvalue weighted by atomic mass is 15.1. The summed E-state index contributed by atoms with van der Waals surface area (Å²) in [7, 11) is 1.90. The molecule has 0 saturated carbocycles. The molecule has 0 atom stereocenters. The van der Waals surface area contributed by atoms with E-state index in [2.05, 4.69) is 9.98 Å². The average Bonchev–Trinajstić information content (AvgIpc) is 2.30. The van der Waals surface area contributed by atoms with Crippen molar-refractivity contribution < 1.29 is 0 Å². The van der Waals surface area contributed by atoms with E-state index in [4.69, 9.17) is 5.73 Å². The topological polar surface area (TPSA) is 56.2 Å². The summed E-state index contributed by atoms with van der Waals surface area (Å²) >= 11 is 0. The molecule has 2 N–H and O–H groups in total. The van der Waals surface area contributed by atoms with Gasteiger partial charge in [0.1, 0.15) is 0 Å². The Morgan fingerprint density at radius 3 is 2.54 bits per heavy atom. The minimum Gasteiger partial charge on any atom is -0.381 e. The Hall–Kier alpha value is -1.32. The lowest BCUT2D eigenvalue weighted by Gasteiger charge is -2.13. The monoisotopic (exact) mass is 180 g/mol. The van der Waals surface area contributed by atoms with Crippen LogP contribution in [0.4, 0.5) is 0 Å². The zero-order valence-corrected chi connectivity index (χ0v) is 8.57. The number of aliphatic imine (C=N–C) groups is 1. The van der Waals surface area contributed by atoms with Gasteiger partial charge in [-0.3, -0.25) is 4.99 Å². The maximum atomic E-state index is 5.79. The second-order valence-corrected chi connectivity index (χ2v) is 4.03. The van der Waals surface area contributed by atoms with E-state index in [0.717, 1.165) is 5.82 Å². The Kier molecular flexibility index (Phi) is 2.40. The second kappa shape index (κ2) is 3.20. The molecule has 0 saturated heterocycles. The highest BCUT2D eigenvalue weighted by Crippen LogP contribution is 2.07. The van der Waals surface area contributed by atoms with Crippen molar-refractivity contribution in [2.24, 2.45) is 17.8 Å². The van der Waals surface area contributed by atoms with Gasteiger partial charge in [-0.05, 0) is 20.8 Å². The average molecular weight is 180 g/mol. The largest absolute Gasteiger partial charge is 0.381 e. The normalized spacial score (nSPS) is 13.4. The van der Waals surface area contributed by atoms with Gasteiger partial charge in [-0.1, -0.05) is 0 Å². The van der Waals surface area contributed by atoms with Gasteiger partial charge in [0.15, 0.2) is 11.7 Å². The third kappa shape index (κ3) is 2.57. The standard InChI is InChI=1S/C9H16N4/c1-9(2,3)12-7(10)8-11-5-6-13(8)4/h5-6H,1-4H3,(H2,10,12). The van der Waals surface area contributed by atoms with Gasteiger partial charge in [0.2, 0.25) is 0 Å². The van der Waals surface area contributed by atoms with E-state index in [1.165, 1.54) is 0 Å². The van der Waals surface area contributed by atoms with Crippen LogP contribution in [0.1, 0.15) is 26.6 Å². The van der Waals surface area contributed by atoms with Crippen molar-refractivity contribution in [1.82, 2.24) is 9.55 Å². The van der Waals surface area contributed by atoms with E-state index in [1.807, 2.05) is 38.6 Å². The summed E-state index contributed by atoms with van der Waals surface area (Å²) in [5.74, 6) is 1.20. The molecule has 0 aromatic carbocycles. The predicted molar refractivity (Wildman–Crippen MR) is 53.7 cm³/mol. The summed E-state index contributed by atoms with van der Waals surface area (Å²) in [6.07, 6.45) is 3.56. The van der Waals surface area contributed by atoms with Crippen LogP contribution < -0.4 is 5.73 Å². The Morgan fingerprint density at radius 1 is 1.54 bits per heavy atom. The molecule has 0 aliphatic carbocycles. The van der Waals surface area contributed by atoms with Crippen molar-refractivity contribution in [2.75, 3.05) is 0 Å². The van der Waals surface area contributed by atoms with Gasteiger partial charge in [0, 0.05) is 19.4 Å². The van der Waals surface area contributed by atoms with Crippen LogP contribution in [-0.4, -0.2) is 20.9 Å². The molecule has 1 rings (SSSR count). The van der Waals surface area contributed by atoms with E-state index in [0.29, 0.717) is 5.84 Å². The first-order chi connectivity index (χ1) is 5.90. The molecule has 4 heteroatoms. The Morgan fingerprint density at radius 2 is 2.15 bits per heavy atom. The number of imidazole rings is 1. The fourth-order valence-electron chi connectivity index (χ4n) is 1.02. The Bertz CT molecular complexity index is 317. The van der Waals surface area contributed by atoms with E-state index in [1.54, 1.807) is 6.20 Å². The molecule has 0 spiro atoms. The summed E-state index contributed by atoms with van der Waals surface area (Å²) in [5, 5.41) is 0. The lowest BCUT2D eigenvalue weighted by Crippen LogP contribution is -2.24. The number of aromatic nitrogens is 2. The van der Waals surface area contributed by atoms with Crippen LogP contribution in [0.2, 0.25) is 0 Å². The third-order valence-electron chi connectivity index (χ3n) is 1.51. The Labute approximate surface area is 78.5 Å². The quantitative estimate of drug-likeness (QED) is 0.516. The number of aryl methyl sites for hydroxylation is 1. The number of hydrogen-bond donors (Lipinski definition) is 1. The zero-order chi connectivity index (χ0) is 10.1. The molecule has 0 amide bonds. The maximum absolute atomic E-state index is 5.79. The molecule has 0 bridgehead atoms. The molecule has 1 aromatic rings. The molecule has 13 heavy (non-hydrogen) atoms. The van der Waals surface area contributed by atoms with Gasteiger partial charge in [0.25, 0.3) is 0 Å². The minimum absolute atomic E-state index is 0.157. The molecule has 0 aliphatic rings. The molecular formula is C9H16N4.